The maximum absolute atomic E-state index is 11.6. The molecule has 0 aliphatic carbocycles. The molecule has 1 aliphatic rings. The highest BCUT2D eigenvalue weighted by atomic mass is 16.2. The van der Waals surface area contributed by atoms with Gasteiger partial charge in [-0.15, -0.1) is 0 Å². The molecule has 5 heteroatoms. The van der Waals surface area contributed by atoms with Gasteiger partial charge in [0, 0.05) is 26.2 Å². The monoisotopic (exact) mass is 247 g/mol. The molecule has 3 N–H and O–H groups in total. The number of nitrogens with one attached hydrogen (secondary N) is 1. The van der Waals surface area contributed by atoms with Crippen molar-refractivity contribution in [2.24, 2.45) is 5.73 Å². The highest BCUT2D eigenvalue weighted by Crippen LogP contribution is 2.28. The Balaban J connectivity index is 2.33. The van der Waals surface area contributed by atoms with Gasteiger partial charge in [-0.1, -0.05) is 12.1 Å². The molecule has 2 amide bonds. The standard InChI is InChI=1S/C13H17N3O2/c1-15-13(18)12(14)9-3-5-10-8(7-9)4-6-11(17)16(10)2/h3,5,7,12H,4,6,14H2,1-2H3,(H,15,18). The predicted octanol–water partition coefficient (Wildman–Crippen LogP) is 0.341. The first-order chi connectivity index (χ1) is 8.54. The Bertz CT molecular complexity index is 499. The van der Waals surface area contributed by atoms with Crippen LogP contribution < -0.4 is 16.0 Å². The number of nitrogens with zero attached hydrogens (tertiary/aromatic N) is 1. The topological polar surface area (TPSA) is 75.4 Å². The van der Waals surface area contributed by atoms with Gasteiger partial charge in [-0.2, -0.15) is 0 Å². The summed E-state index contributed by atoms with van der Waals surface area (Å²) in [6.45, 7) is 0. The third-order valence-electron chi connectivity index (χ3n) is 3.34. The number of hydrogen-bond donors (Lipinski definition) is 2. The summed E-state index contributed by atoms with van der Waals surface area (Å²) in [5, 5.41) is 2.53. The van der Waals surface area contributed by atoms with E-state index < -0.39 is 6.04 Å². The zero-order valence-corrected chi connectivity index (χ0v) is 10.6. The van der Waals surface area contributed by atoms with E-state index >= 15 is 0 Å². The third kappa shape index (κ3) is 2.09. The van der Waals surface area contributed by atoms with Crippen LogP contribution in [0, 0.1) is 0 Å². The predicted molar refractivity (Wildman–Crippen MR) is 69.2 cm³/mol. The van der Waals surface area contributed by atoms with E-state index in [4.69, 9.17) is 5.73 Å². The van der Waals surface area contributed by atoms with Crippen LogP contribution >= 0.6 is 0 Å². The molecule has 0 saturated heterocycles. The van der Waals surface area contributed by atoms with E-state index in [-0.39, 0.29) is 11.8 Å². The number of likely N-dealkylation sites (N-methyl/N-ethyl adjacent to an activating group) is 1. The lowest BCUT2D eigenvalue weighted by Crippen LogP contribution is -2.33. The van der Waals surface area contributed by atoms with Gasteiger partial charge in [0.2, 0.25) is 11.8 Å². The normalized spacial score (nSPS) is 16.2. The lowest BCUT2D eigenvalue weighted by Gasteiger charge is -2.26. The molecule has 1 aromatic rings. The van der Waals surface area contributed by atoms with E-state index in [0.29, 0.717) is 12.8 Å². The number of carbonyl (C=O) groups excluding carboxylic acids is 2. The Labute approximate surface area is 106 Å². The van der Waals surface area contributed by atoms with Crippen molar-refractivity contribution < 1.29 is 9.59 Å². The van der Waals surface area contributed by atoms with Crippen molar-refractivity contribution in [2.45, 2.75) is 18.9 Å². The van der Waals surface area contributed by atoms with Gasteiger partial charge in [-0.05, 0) is 23.6 Å². The van der Waals surface area contributed by atoms with E-state index in [1.807, 2.05) is 12.1 Å². The molecular weight excluding hydrogens is 230 g/mol. The summed E-state index contributed by atoms with van der Waals surface area (Å²) in [5.74, 6) is -0.0963. The first kappa shape index (κ1) is 12.6. The molecule has 1 atom stereocenters. The number of benzene rings is 1. The van der Waals surface area contributed by atoms with Crippen molar-refractivity contribution in [3.8, 4) is 0 Å². The maximum atomic E-state index is 11.6. The van der Waals surface area contributed by atoms with Crippen LogP contribution in [0.3, 0.4) is 0 Å². The Kier molecular flexibility index (Phi) is 3.34. The Morgan fingerprint density at radius 2 is 2.17 bits per heavy atom. The molecule has 0 aromatic heterocycles. The van der Waals surface area contributed by atoms with Crippen LogP contribution in [0.1, 0.15) is 23.6 Å². The molecule has 18 heavy (non-hydrogen) atoms. The van der Waals surface area contributed by atoms with Gasteiger partial charge in [-0.25, -0.2) is 0 Å². The van der Waals surface area contributed by atoms with Crippen molar-refractivity contribution in [3.05, 3.63) is 29.3 Å². The molecule has 5 nitrogen and oxygen atoms in total. The molecular formula is C13H17N3O2. The SMILES string of the molecule is CNC(=O)C(N)c1ccc2c(c1)CCC(=O)N2C. The molecule has 0 saturated carbocycles. The van der Waals surface area contributed by atoms with Crippen molar-refractivity contribution >= 4 is 17.5 Å². The smallest absolute Gasteiger partial charge is 0.241 e. The van der Waals surface area contributed by atoms with Crippen LogP contribution in [-0.4, -0.2) is 25.9 Å². The Morgan fingerprint density at radius 1 is 1.44 bits per heavy atom. The highest BCUT2D eigenvalue weighted by Gasteiger charge is 2.22. The fraction of sp³-hybridized carbons (Fsp3) is 0.385. The minimum absolute atomic E-state index is 0.117. The minimum Gasteiger partial charge on any atom is -0.358 e. The molecule has 1 aliphatic heterocycles. The largest absolute Gasteiger partial charge is 0.358 e. The van der Waals surface area contributed by atoms with Crippen LogP contribution in [0.2, 0.25) is 0 Å². The number of hydrogen-bond acceptors (Lipinski definition) is 3. The first-order valence-electron chi connectivity index (χ1n) is 5.91. The molecule has 96 valence electrons. The number of carbonyl (C=O) groups is 2. The van der Waals surface area contributed by atoms with Crippen molar-refractivity contribution in [1.82, 2.24) is 5.32 Å². The van der Waals surface area contributed by atoms with Crippen molar-refractivity contribution in [1.29, 1.82) is 0 Å². The van der Waals surface area contributed by atoms with Gasteiger partial charge in [-0.3, -0.25) is 9.59 Å². The number of aryl methyl sites for hydroxylation is 1. The molecule has 1 unspecified atom stereocenters. The zero-order chi connectivity index (χ0) is 13.3. The Morgan fingerprint density at radius 3 is 2.83 bits per heavy atom. The van der Waals surface area contributed by atoms with Gasteiger partial charge in [0.1, 0.15) is 6.04 Å². The van der Waals surface area contributed by atoms with Crippen LogP contribution in [0.15, 0.2) is 18.2 Å². The molecule has 2 rings (SSSR count). The van der Waals surface area contributed by atoms with Gasteiger partial charge >= 0.3 is 0 Å². The summed E-state index contributed by atoms with van der Waals surface area (Å²) in [7, 11) is 3.33. The van der Waals surface area contributed by atoms with E-state index in [2.05, 4.69) is 5.32 Å². The zero-order valence-electron chi connectivity index (χ0n) is 10.6. The molecule has 0 fully saturated rings. The number of amides is 2. The summed E-state index contributed by atoms with van der Waals surface area (Å²) in [4.78, 5) is 24.7. The minimum atomic E-state index is -0.664. The molecule has 0 bridgehead atoms. The molecule has 0 radical (unpaired) electrons. The lowest BCUT2D eigenvalue weighted by atomic mass is 9.96. The number of nitrogens with two attached hydrogens (primary N) is 1. The fourth-order valence-corrected chi connectivity index (χ4v) is 2.18. The van der Waals surface area contributed by atoms with Gasteiger partial charge in [0.05, 0.1) is 0 Å². The van der Waals surface area contributed by atoms with E-state index in [9.17, 15) is 9.59 Å². The number of rotatable bonds is 2. The number of anilines is 1. The molecule has 1 heterocycles. The van der Waals surface area contributed by atoms with Gasteiger partial charge in [0.25, 0.3) is 0 Å². The highest BCUT2D eigenvalue weighted by molar-refractivity contribution is 5.96. The van der Waals surface area contributed by atoms with E-state index in [1.165, 1.54) is 0 Å². The number of fused-ring (bicyclic) bond motifs is 1. The third-order valence-corrected chi connectivity index (χ3v) is 3.34. The average Bonchev–Trinajstić information content (AvgIpc) is 2.41. The van der Waals surface area contributed by atoms with Gasteiger partial charge < -0.3 is 16.0 Å². The van der Waals surface area contributed by atoms with Gasteiger partial charge in [0.15, 0.2) is 0 Å². The Hall–Kier alpha value is -1.88. The van der Waals surface area contributed by atoms with E-state index in [0.717, 1.165) is 16.8 Å². The summed E-state index contributed by atoms with van der Waals surface area (Å²) >= 11 is 0. The quantitative estimate of drug-likeness (QED) is 0.791. The fourth-order valence-electron chi connectivity index (χ4n) is 2.18. The first-order valence-corrected chi connectivity index (χ1v) is 5.91. The van der Waals surface area contributed by atoms with Crippen LogP contribution in [-0.2, 0) is 16.0 Å². The van der Waals surface area contributed by atoms with Crippen molar-refractivity contribution in [3.63, 3.8) is 0 Å². The summed E-state index contributed by atoms with van der Waals surface area (Å²) < 4.78 is 0. The van der Waals surface area contributed by atoms with E-state index in [1.54, 1.807) is 25.1 Å². The van der Waals surface area contributed by atoms with Crippen LogP contribution in [0.25, 0.3) is 0 Å². The second-order valence-corrected chi connectivity index (χ2v) is 4.43. The van der Waals surface area contributed by atoms with Crippen molar-refractivity contribution in [2.75, 3.05) is 19.0 Å². The molecule has 1 aromatic carbocycles. The lowest BCUT2D eigenvalue weighted by molar-refractivity contribution is -0.122. The molecule has 0 spiro atoms. The summed E-state index contributed by atoms with van der Waals surface area (Å²) in [6.07, 6.45) is 1.20. The second-order valence-electron chi connectivity index (χ2n) is 4.43. The second kappa shape index (κ2) is 4.78. The average molecular weight is 247 g/mol. The maximum Gasteiger partial charge on any atom is 0.241 e. The summed E-state index contributed by atoms with van der Waals surface area (Å²) in [6, 6.07) is 4.90. The van der Waals surface area contributed by atoms with Crippen LogP contribution in [0.5, 0.6) is 0 Å². The van der Waals surface area contributed by atoms with Crippen LogP contribution in [0.4, 0.5) is 5.69 Å². The summed E-state index contributed by atoms with van der Waals surface area (Å²) in [5.41, 5.74) is 8.59.